The first-order valence-corrected chi connectivity index (χ1v) is 16.1. The lowest BCUT2D eigenvalue weighted by atomic mass is 9.65. The Hall–Kier alpha value is -3.21. The van der Waals surface area contributed by atoms with Crippen LogP contribution in [0.25, 0.3) is 11.4 Å². The second kappa shape index (κ2) is 12.1. The van der Waals surface area contributed by atoms with Gasteiger partial charge in [0.15, 0.2) is 0 Å². The lowest BCUT2D eigenvalue weighted by molar-refractivity contribution is 0.0108. The second-order valence-electron chi connectivity index (χ2n) is 14.8. The molecule has 5 rings (SSSR count). The Morgan fingerprint density at radius 2 is 1.19 bits per heavy atom. The van der Waals surface area contributed by atoms with Crippen LogP contribution < -0.4 is 5.32 Å². The van der Waals surface area contributed by atoms with E-state index in [0.29, 0.717) is 0 Å². The zero-order chi connectivity index (χ0) is 31.0. The number of rotatable bonds is 7. The van der Waals surface area contributed by atoms with Gasteiger partial charge in [0.2, 0.25) is 0 Å². The van der Waals surface area contributed by atoms with E-state index in [4.69, 9.17) is 4.98 Å². The van der Waals surface area contributed by atoms with E-state index in [1.807, 2.05) is 0 Å². The molecule has 1 aliphatic heterocycles. The molecular formula is C39H52N4. The smallest absolute Gasteiger partial charge is 0.137 e. The predicted molar refractivity (Wildman–Crippen MR) is 182 cm³/mol. The molecule has 0 amide bonds. The topological polar surface area (TPSA) is 44.0 Å². The first-order chi connectivity index (χ1) is 20.3. The summed E-state index contributed by atoms with van der Waals surface area (Å²) >= 11 is 0. The van der Waals surface area contributed by atoms with Crippen LogP contribution in [0.3, 0.4) is 0 Å². The van der Waals surface area contributed by atoms with Gasteiger partial charge in [-0.05, 0) is 45.9 Å². The number of nitrogens with one attached hydrogen (secondary N) is 2. The van der Waals surface area contributed by atoms with Gasteiger partial charge in [0, 0.05) is 43.4 Å². The van der Waals surface area contributed by atoms with Crippen LogP contribution in [-0.2, 0) is 16.4 Å². The molecule has 1 atom stereocenters. The van der Waals surface area contributed by atoms with Gasteiger partial charge < -0.3 is 10.3 Å². The Balaban J connectivity index is 1.80. The van der Waals surface area contributed by atoms with E-state index in [0.717, 1.165) is 49.0 Å². The summed E-state index contributed by atoms with van der Waals surface area (Å²) in [5, 5.41) is 3.62. The molecule has 43 heavy (non-hydrogen) atoms. The fourth-order valence-electron chi connectivity index (χ4n) is 7.11. The molecule has 2 heterocycles. The number of benzene rings is 3. The lowest BCUT2D eigenvalue weighted by Crippen LogP contribution is -2.60. The first kappa shape index (κ1) is 31.2. The standard InChI is InChI=1S/C39H52N4/c1-27(2)39(43-25-23-40-24-26-43,35-28(3)41-36(42-35)31-13-11-10-12-14-31)34(29-15-19-32(20-16-29)37(4,5)6)30-17-21-33(22-18-30)38(7,8)9/h10-22,27,34,40H,23-26H2,1-9H3,(H,41,42). The molecule has 3 aromatic carbocycles. The maximum absolute atomic E-state index is 5.52. The third-order valence-electron chi connectivity index (χ3n) is 9.49. The Kier molecular flexibility index (Phi) is 8.75. The molecular weight excluding hydrogens is 524 g/mol. The van der Waals surface area contributed by atoms with E-state index in [-0.39, 0.29) is 28.2 Å². The van der Waals surface area contributed by atoms with Gasteiger partial charge in [-0.1, -0.05) is 134 Å². The maximum atomic E-state index is 5.52. The van der Waals surface area contributed by atoms with Crippen molar-refractivity contribution < 1.29 is 0 Å². The number of nitrogens with zero attached hydrogens (tertiary/aromatic N) is 2. The van der Waals surface area contributed by atoms with Crippen LogP contribution >= 0.6 is 0 Å². The molecule has 4 nitrogen and oxygen atoms in total. The van der Waals surface area contributed by atoms with E-state index in [1.165, 1.54) is 22.3 Å². The van der Waals surface area contributed by atoms with Crippen LogP contribution in [0.2, 0.25) is 0 Å². The van der Waals surface area contributed by atoms with Gasteiger partial charge >= 0.3 is 0 Å². The van der Waals surface area contributed by atoms with Crippen molar-refractivity contribution in [1.82, 2.24) is 20.2 Å². The minimum atomic E-state index is -0.373. The first-order valence-electron chi connectivity index (χ1n) is 16.1. The highest BCUT2D eigenvalue weighted by Crippen LogP contribution is 2.52. The van der Waals surface area contributed by atoms with Crippen molar-refractivity contribution in [2.24, 2.45) is 5.92 Å². The molecule has 1 fully saturated rings. The molecule has 0 radical (unpaired) electrons. The molecule has 1 unspecified atom stereocenters. The summed E-state index contributed by atoms with van der Waals surface area (Å²) in [6, 6.07) is 29.5. The fourth-order valence-corrected chi connectivity index (χ4v) is 7.11. The van der Waals surface area contributed by atoms with Crippen LogP contribution in [0.15, 0.2) is 78.9 Å². The van der Waals surface area contributed by atoms with Crippen LogP contribution in [-0.4, -0.2) is 41.0 Å². The minimum Gasteiger partial charge on any atom is -0.342 e. The zero-order valence-corrected chi connectivity index (χ0v) is 27.9. The summed E-state index contributed by atoms with van der Waals surface area (Å²) in [7, 11) is 0. The van der Waals surface area contributed by atoms with Crippen molar-refractivity contribution in [2.75, 3.05) is 26.2 Å². The van der Waals surface area contributed by atoms with E-state index in [9.17, 15) is 0 Å². The number of piperazine rings is 1. The number of aromatic amines is 1. The quantitative estimate of drug-likeness (QED) is 0.232. The van der Waals surface area contributed by atoms with Gasteiger partial charge in [0.25, 0.3) is 0 Å². The SMILES string of the molecule is Cc1[nH]c(-c2ccccc2)nc1C(C(C)C)(C(c1ccc(C(C)(C)C)cc1)c1ccc(C(C)(C)C)cc1)N1CCNCC1. The highest BCUT2D eigenvalue weighted by molar-refractivity contribution is 5.57. The van der Waals surface area contributed by atoms with Crippen molar-refractivity contribution in [2.45, 2.75) is 84.6 Å². The fraction of sp³-hybridized carbons (Fsp3) is 0.462. The Labute approximate surface area is 260 Å². The third kappa shape index (κ3) is 6.10. The average Bonchev–Trinajstić information content (AvgIpc) is 3.37. The molecule has 2 N–H and O–H groups in total. The average molecular weight is 577 g/mol. The highest BCUT2D eigenvalue weighted by atomic mass is 15.3. The van der Waals surface area contributed by atoms with Gasteiger partial charge in [-0.2, -0.15) is 0 Å². The van der Waals surface area contributed by atoms with Gasteiger partial charge in [0.05, 0.1) is 11.2 Å². The van der Waals surface area contributed by atoms with E-state index >= 15 is 0 Å². The number of aromatic nitrogens is 2. The number of aryl methyl sites for hydroxylation is 1. The summed E-state index contributed by atoms with van der Waals surface area (Å²) in [6.07, 6.45) is 0. The summed E-state index contributed by atoms with van der Waals surface area (Å²) < 4.78 is 0. The summed E-state index contributed by atoms with van der Waals surface area (Å²) in [6.45, 7) is 24.7. The van der Waals surface area contributed by atoms with Gasteiger partial charge in [-0.25, -0.2) is 4.98 Å². The molecule has 4 heteroatoms. The van der Waals surface area contributed by atoms with Crippen LogP contribution in [0.5, 0.6) is 0 Å². The van der Waals surface area contributed by atoms with Crippen LogP contribution in [0.1, 0.15) is 94.9 Å². The number of H-pyrrole nitrogens is 1. The van der Waals surface area contributed by atoms with Crippen LogP contribution in [0, 0.1) is 12.8 Å². The summed E-state index contributed by atoms with van der Waals surface area (Å²) in [5.41, 5.74) is 8.65. The molecule has 1 aromatic heterocycles. The molecule has 0 bridgehead atoms. The number of hydrogen-bond acceptors (Lipinski definition) is 3. The molecule has 4 aromatic rings. The number of hydrogen-bond donors (Lipinski definition) is 2. The number of imidazole rings is 1. The van der Waals surface area contributed by atoms with Crippen molar-refractivity contribution in [3.8, 4) is 11.4 Å². The normalized spacial score (nSPS) is 16.5. The Bertz CT molecular complexity index is 1420. The maximum Gasteiger partial charge on any atom is 0.137 e. The largest absolute Gasteiger partial charge is 0.342 e. The van der Waals surface area contributed by atoms with Gasteiger partial charge in [-0.15, -0.1) is 0 Å². The van der Waals surface area contributed by atoms with Crippen molar-refractivity contribution >= 4 is 0 Å². The van der Waals surface area contributed by atoms with E-state index < -0.39 is 0 Å². The minimum absolute atomic E-state index is 0.0826. The summed E-state index contributed by atoms with van der Waals surface area (Å²) in [5.74, 6) is 1.31. The van der Waals surface area contributed by atoms with Crippen molar-refractivity contribution in [3.63, 3.8) is 0 Å². The molecule has 228 valence electrons. The summed E-state index contributed by atoms with van der Waals surface area (Å²) in [4.78, 5) is 12.0. The van der Waals surface area contributed by atoms with Crippen molar-refractivity contribution in [3.05, 3.63) is 113 Å². The zero-order valence-electron chi connectivity index (χ0n) is 27.9. The highest BCUT2D eigenvalue weighted by Gasteiger charge is 2.52. The van der Waals surface area contributed by atoms with Crippen molar-refractivity contribution in [1.29, 1.82) is 0 Å². The van der Waals surface area contributed by atoms with Gasteiger partial charge in [-0.3, -0.25) is 4.90 Å². The molecule has 1 aliphatic rings. The third-order valence-corrected chi connectivity index (χ3v) is 9.49. The monoisotopic (exact) mass is 576 g/mol. The Morgan fingerprint density at radius 1 is 0.698 bits per heavy atom. The molecule has 0 aliphatic carbocycles. The molecule has 0 spiro atoms. The van der Waals surface area contributed by atoms with Crippen LogP contribution in [0.4, 0.5) is 0 Å². The lowest BCUT2D eigenvalue weighted by Gasteiger charge is -2.53. The second-order valence-corrected chi connectivity index (χ2v) is 14.8. The Morgan fingerprint density at radius 3 is 1.63 bits per heavy atom. The van der Waals surface area contributed by atoms with Gasteiger partial charge in [0.1, 0.15) is 5.82 Å². The predicted octanol–water partition coefficient (Wildman–Crippen LogP) is 8.57. The van der Waals surface area contributed by atoms with E-state index in [2.05, 4.69) is 156 Å². The molecule has 1 saturated heterocycles. The molecule has 0 saturated carbocycles. The van der Waals surface area contributed by atoms with E-state index in [1.54, 1.807) is 0 Å².